The van der Waals surface area contributed by atoms with Crippen molar-refractivity contribution in [3.63, 3.8) is 0 Å². The lowest BCUT2D eigenvalue weighted by Gasteiger charge is -2.08. The van der Waals surface area contributed by atoms with Crippen LogP contribution >= 0.6 is 11.8 Å². The molecule has 0 aliphatic carbocycles. The third kappa shape index (κ3) is 2.77. The lowest BCUT2D eigenvalue weighted by Crippen LogP contribution is -1.94. The van der Waals surface area contributed by atoms with Gasteiger partial charge in [0.25, 0.3) is 0 Å². The van der Waals surface area contributed by atoms with Gasteiger partial charge in [0.1, 0.15) is 0 Å². The molecule has 0 saturated heterocycles. The third-order valence-electron chi connectivity index (χ3n) is 2.58. The van der Waals surface area contributed by atoms with E-state index in [9.17, 15) is 4.79 Å². The van der Waals surface area contributed by atoms with Crippen LogP contribution in [0, 0.1) is 6.92 Å². The standard InChI is InChI=1S/C15H14OS/c1-11-7-3-5-9-14(11)17-15-10-6-4-8-13(15)12(2)16/h3-10H,1-2H3. The molecule has 0 radical (unpaired) electrons. The van der Waals surface area contributed by atoms with Gasteiger partial charge in [-0.05, 0) is 31.5 Å². The molecule has 17 heavy (non-hydrogen) atoms. The van der Waals surface area contributed by atoms with Crippen molar-refractivity contribution < 1.29 is 4.79 Å². The van der Waals surface area contributed by atoms with Crippen molar-refractivity contribution in [1.82, 2.24) is 0 Å². The van der Waals surface area contributed by atoms with Gasteiger partial charge >= 0.3 is 0 Å². The van der Waals surface area contributed by atoms with Crippen molar-refractivity contribution in [3.05, 3.63) is 59.7 Å². The Hall–Kier alpha value is -1.54. The van der Waals surface area contributed by atoms with Gasteiger partial charge in [-0.3, -0.25) is 4.79 Å². The van der Waals surface area contributed by atoms with Gasteiger partial charge in [-0.2, -0.15) is 0 Å². The van der Waals surface area contributed by atoms with Crippen molar-refractivity contribution in [2.24, 2.45) is 0 Å². The summed E-state index contributed by atoms with van der Waals surface area (Å²) in [5.41, 5.74) is 2.02. The number of hydrogen-bond acceptors (Lipinski definition) is 2. The first-order valence-electron chi connectivity index (χ1n) is 5.52. The molecule has 86 valence electrons. The molecule has 2 aromatic rings. The number of rotatable bonds is 3. The molecule has 0 atom stereocenters. The summed E-state index contributed by atoms with van der Waals surface area (Å²) in [7, 11) is 0. The van der Waals surface area contributed by atoms with Crippen molar-refractivity contribution in [2.45, 2.75) is 23.6 Å². The van der Waals surface area contributed by atoms with Gasteiger partial charge in [-0.1, -0.05) is 48.2 Å². The van der Waals surface area contributed by atoms with E-state index in [1.165, 1.54) is 10.5 Å². The number of benzene rings is 2. The van der Waals surface area contributed by atoms with Crippen LogP contribution in [0.25, 0.3) is 0 Å². The summed E-state index contributed by atoms with van der Waals surface area (Å²) >= 11 is 1.65. The fourth-order valence-corrected chi connectivity index (χ4v) is 2.72. The van der Waals surface area contributed by atoms with E-state index in [4.69, 9.17) is 0 Å². The number of Topliss-reactive ketones (excluding diaryl/α,β-unsaturated/α-hetero) is 1. The predicted octanol–water partition coefficient (Wildman–Crippen LogP) is 4.35. The molecule has 0 heterocycles. The molecule has 0 unspecified atom stereocenters. The minimum Gasteiger partial charge on any atom is -0.294 e. The van der Waals surface area contributed by atoms with E-state index >= 15 is 0 Å². The zero-order chi connectivity index (χ0) is 12.3. The number of ketones is 1. The van der Waals surface area contributed by atoms with E-state index in [1.54, 1.807) is 18.7 Å². The summed E-state index contributed by atoms with van der Waals surface area (Å²) in [6, 6.07) is 15.9. The Morgan fingerprint density at radius 2 is 1.53 bits per heavy atom. The summed E-state index contributed by atoms with van der Waals surface area (Å²) in [4.78, 5) is 13.7. The van der Waals surface area contributed by atoms with Crippen LogP contribution in [0.2, 0.25) is 0 Å². The minimum atomic E-state index is 0.113. The van der Waals surface area contributed by atoms with E-state index in [-0.39, 0.29) is 5.78 Å². The molecule has 0 N–H and O–H groups in total. The molecule has 0 fully saturated rings. The molecular weight excluding hydrogens is 228 g/mol. The first-order valence-corrected chi connectivity index (χ1v) is 6.33. The van der Waals surface area contributed by atoms with E-state index in [0.717, 1.165) is 10.5 Å². The number of aryl methyl sites for hydroxylation is 1. The van der Waals surface area contributed by atoms with Gasteiger partial charge in [0.15, 0.2) is 5.78 Å². The summed E-state index contributed by atoms with van der Waals surface area (Å²) in [6.07, 6.45) is 0. The lowest BCUT2D eigenvalue weighted by molar-refractivity contribution is 0.101. The van der Waals surface area contributed by atoms with Crippen LogP contribution in [0.1, 0.15) is 22.8 Å². The molecule has 0 aliphatic rings. The van der Waals surface area contributed by atoms with Crippen LogP contribution in [0.3, 0.4) is 0 Å². The van der Waals surface area contributed by atoms with Crippen LogP contribution in [-0.2, 0) is 0 Å². The second-order valence-electron chi connectivity index (χ2n) is 3.92. The van der Waals surface area contributed by atoms with Gasteiger partial charge in [0, 0.05) is 15.4 Å². The zero-order valence-corrected chi connectivity index (χ0v) is 10.8. The quantitative estimate of drug-likeness (QED) is 0.744. The van der Waals surface area contributed by atoms with E-state index < -0.39 is 0 Å². The highest BCUT2D eigenvalue weighted by Gasteiger charge is 2.08. The van der Waals surface area contributed by atoms with E-state index in [2.05, 4.69) is 19.1 Å². The molecule has 2 aromatic carbocycles. The molecule has 0 spiro atoms. The SMILES string of the molecule is CC(=O)c1ccccc1Sc1ccccc1C. The summed E-state index contributed by atoms with van der Waals surface area (Å²) in [6.45, 7) is 3.69. The lowest BCUT2D eigenvalue weighted by atomic mass is 10.1. The number of carbonyl (C=O) groups excluding carboxylic acids is 1. The first-order chi connectivity index (χ1) is 8.18. The third-order valence-corrected chi connectivity index (χ3v) is 3.83. The maximum atomic E-state index is 11.5. The monoisotopic (exact) mass is 242 g/mol. The van der Waals surface area contributed by atoms with Crippen molar-refractivity contribution >= 4 is 17.5 Å². The highest BCUT2D eigenvalue weighted by molar-refractivity contribution is 7.99. The maximum absolute atomic E-state index is 11.5. The second kappa shape index (κ2) is 5.19. The molecule has 1 nitrogen and oxygen atoms in total. The molecule has 0 bridgehead atoms. The van der Waals surface area contributed by atoms with E-state index in [1.807, 2.05) is 36.4 Å². The Balaban J connectivity index is 2.37. The first kappa shape index (κ1) is 11.9. The molecular formula is C15H14OS. The fraction of sp³-hybridized carbons (Fsp3) is 0.133. The van der Waals surface area contributed by atoms with Gasteiger partial charge in [0.2, 0.25) is 0 Å². The second-order valence-corrected chi connectivity index (χ2v) is 5.00. The van der Waals surface area contributed by atoms with Crippen molar-refractivity contribution in [3.8, 4) is 0 Å². The van der Waals surface area contributed by atoms with Crippen molar-refractivity contribution in [1.29, 1.82) is 0 Å². The van der Waals surface area contributed by atoms with Gasteiger partial charge < -0.3 is 0 Å². The van der Waals surface area contributed by atoms with Crippen LogP contribution in [-0.4, -0.2) is 5.78 Å². The average molecular weight is 242 g/mol. The van der Waals surface area contributed by atoms with Crippen LogP contribution < -0.4 is 0 Å². The highest BCUT2D eigenvalue weighted by atomic mass is 32.2. The Kier molecular flexibility index (Phi) is 3.64. The molecule has 0 aromatic heterocycles. The van der Waals surface area contributed by atoms with Crippen LogP contribution in [0.15, 0.2) is 58.3 Å². The Labute approximate surface area is 106 Å². The molecule has 0 saturated carbocycles. The van der Waals surface area contributed by atoms with Crippen molar-refractivity contribution in [2.75, 3.05) is 0 Å². The van der Waals surface area contributed by atoms with Crippen LogP contribution in [0.5, 0.6) is 0 Å². The molecule has 2 rings (SSSR count). The highest BCUT2D eigenvalue weighted by Crippen LogP contribution is 2.32. The van der Waals surface area contributed by atoms with Crippen LogP contribution in [0.4, 0.5) is 0 Å². The summed E-state index contributed by atoms with van der Waals surface area (Å²) in [5, 5.41) is 0. The van der Waals surface area contributed by atoms with E-state index in [0.29, 0.717) is 0 Å². The molecule has 0 amide bonds. The smallest absolute Gasteiger partial charge is 0.160 e. The number of carbonyl (C=O) groups is 1. The summed E-state index contributed by atoms with van der Waals surface area (Å²) < 4.78 is 0. The maximum Gasteiger partial charge on any atom is 0.160 e. The van der Waals surface area contributed by atoms with Gasteiger partial charge in [-0.15, -0.1) is 0 Å². The zero-order valence-electron chi connectivity index (χ0n) is 9.94. The Bertz CT molecular complexity index is 546. The fourth-order valence-electron chi connectivity index (χ4n) is 1.64. The molecule has 0 aliphatic heterocycles. The Morgan fingerprint density at radius 1 is 0.941 bits per heavy atom. The predicted molar refractivity (Wildman–Crippen MR) is 71.7 cm³/mol. The molecule has 2 heteroatoms. The Morgan fingerprint density at radius 3 is 2.18 bits per heavy atom. The van der Waals surface area contributed by atoms with Gasteiger partial charge in [0.05, 0.1) is 0 Å². The number of hydrogen-bond donors (Lipinski definition) is 0. The summed E-state index contributed by atoms with van der Waals surface area (Å²) in [5.74, 6) is 0.113. The van der Waals surface area contributed by atoms with Gasteiger partial charge in [-0.25, -0.2) is 0 Å². The average Bonchev–Trinajstić information content (AvgIpc) is 2.32. The normalized spacial score (nSPS) is 10.2. The topological polar surface area (TPSA) is 17.1 Å². The minimum absolute atomic E-state index is 0.113. The largest absolute Gasteiger partial charge is 0.294 e.